The molecule has 0 spiro atoms. The van der Waals surface area contributed by atoms with Gasteiger partial charge in [-0.25, -0.2) is 0 Å². The first kappa shape index (κ1) is 14.9. The Morgan fingerprint density at radius 1 is 1.44 bits per heavy atom. The molecule has 0 heterocycles. The fraction of sp³-hybridized carbons (Fsp3) is 0.455. The van der Waals surface area contributed by atoms with Crippen LogP contribution in [0.5, 0.6) is 0 Å². The molecule has 18 heavy (non-hydrogen) atoms. The molecule has 7 heteroatoms. The first-order valence-electron chi connectivity index (χ1n) is 5.56. The van der Waals surface area contributed by atoms with Gasteiger partial charge in [-0.1, -0.05) is 12.1 Å². The average molecular weight is 273 g/mol. The lowest BCUT2D eigenvalue weighted by Crippen LogP contribution is -2.39. The summed E-state index contributed by atoms with van der Waals surface area (Å²) in [7, 11) is -2.02. The summed E-state index contributed by atoms with van der Waals surface area (Å²) in [5, 5.41) is 0. The van der Waals surface area contributed by atoms with Crippen LogP contribution < -0.4 is 15.2 Å². The molecule has 0 saturated heterocycles. The van der Waals surface area contributed by atoms with Crippen LogP contribution in [0, 0.1) is 0 Å². The average Bonchev–Trinajstić information content (AvgIpc) is 2.28. The van der Waals surface area contributed by atoms with E-state index in [1.54, 1.807) is 25.1 Å². The molecule has 0 amide bonds. The summed E-state index contributed by atoms with van der Waals surface area (Å²) in [4.78, 5) is 0. The Hall–Kier alpha value is -1.15. The maximum atomic E-state index is 11.7. The Bertz CT molecular complexity index is 476. The minimum absolute atomic E-state index is 0.232. The molecule has 0 bridgehead atoms. The number of ether oxygens (including phenoxy) is 1. The molecule has 1 rings (SSSR count). The smallest absolute Gasteiger partial charge is 0.277 e. The second-order valence-electron chi connectivity index (χ2n) is 3.90. The van der Waals surface area contributed by atoms with Crippen molar-refractivity contribution >= 4 is 15.9 Å². The highest BCUT2D eigenvalue weighted by Crippen LogP contribution is 2.15. The summed E-state index contributed by atoms with van der Waals surface area (Å²) in [5.74, 6) is 0. The van der Waals surface area contributed by atoms with Crippen molar-refractivity contribution in [3.05, 3.63) is 29.8 Å². The third-order valence-electron chi connectivity index (χ3n) is 2.34. The van der Waals surface area contributed by atoms with Gasteiger partial charge in [0.1, 0.15) is 0 Å². The van der Waals surface area contributed by atoms with Crippen molar-refractivity contribution in [1.29, 1.82) is 0 Å². The summed E-state index contributed by atoms with van der Waals surface area (Å²) in [5.41, 5.74) is 7.06. The molecule has 0 aliphatic rings. The van der Waals surface area contributed by atoms with Crippen molar-refractivity contribution in [2.24, 2.45) is 0 Å². The molecule has 1 aromatic rings. The van der Waals surface area contributed by atoms with Crippen molar-refractivity contribution in [3.8, 4) is 0 Å². The molecule has 102 valence electrons. The number of nitrogens with two attached hydrogens (primary N) is 1. The summed E-state index contributed by atoms with van der Waals surface area (Å²) in [6, 6.07) is 6.74. The predicted octanol–water partition coefficient (Wildman–Crippen LogP) is 0.400. The Labute approximate surface area is 108 Å². The summed E-state index contributed by atoms with van der Waals surface area (Å²) in [6.07, 6.45) is 0. The van der Waals surface area contributed by atoms with Gasteiger partial charge in [0, 0.05) is 25.4 Å². The van der Waals surface area contributed by atoms with E-state index in [-0.39, 0.29) is 12.6 Å². The van der Waals surface area contributed by atoms with Crippen molar-refractivity contribution in [3.63, 3.8) is 0 Å². The molecule has 1 unspecified atom stereocenters. The number of hydrogen-bond donors (Lipinski definition) is 3. The molecular formula is C11H19N3O3S. The second kappa shape index (κ2) is 6.69. The SMILES string of the molecule is COCCNS(=O)(=O)NC(C)c1cccc(N)c1. The fourth-order valence-electron chi connectivity index (χ4n) is 1.45. The number of nitrogens with one attached hydrogen (secondary N) is 2. The lowest BCUT2D eigenvalue weighted by atomic mass is 10.1. The molecule has 0 aliphatic heterocycles. The molecule has 1 atom stereocenters. The number of nitrogen functional groups attached to an aromatic ring is 1. The number of anilines is 1. The zero-order valence-corrected chi connectivity index (χ0v) is 11.3. The zero-order chi connectivity index (χ0) is 13.6. The Morgan fingerprint density at radius 2 is 2.17 bits per heavy atom. The van der Waals surface area contributed by atoms with E-state index in [4.69, 9.17) is 10.5 Å². The van der Waals surface area contributed by atoms with Crippen LogP contribution in [0.2, 0.25) is 0 Å². The van der Waals surface area contributed by atoms with Crippen LogP contribution in [0.25, 0.3) is 0 Å². The van der Waals surface area contributed by atoms with Gasteiger partial charge in [0.2, 0.25) is 0 Å². The first-order valence-corrected chi connectivity index (χ1v) is 7.04. The third-order valence-corrected chi connectivity index (χ3v) is 3.59. The third kappa shape index (κ3) is 5.01. The van der Waals surface area contributed by atoms with Gasteiger partial charge in [0.15, 0.2) is 0 Å². The number of benzene rings is 1. The van der Waals surface area contributed by atoms with Crippen molar-refractivity contribution in [1.82, 2.24) is 9.44 Å². The summed E-state index contributed by atoms with van der Waals surface area (Å²) in [6.45, 7) is 2.31. The first-order chi connectivity index (χ1) is 8.44. The van der Waals surface area contributed by atoms with Crippen molar-refractivity contribution in [2.45, 2.75) is 13.0 Å². The maximum Gasteiger partial charge on any atom is 0.277 e. The highest BCUT2D eigenvalue weighted by Gasteiger charge is 2.14. The van der Waals surface area contributed by atoms with Crippen molar-refractivity contribution < 1.29 is 13.2 Å². The van der Waals surface area contributed by atoms with Gasteiger partial charge in [-0.15, -0.1) is 0 Å². The van der Waals surface area contributed by atoms with Gasteiger partial charge in [-0.2, -0.15) is 17.9 Å². The van der Waals surface area contributed by atoms with E-state index < -0.39 is 10.2 Å². The quantitative estimate of drug-likeness (QED) is 0.495. The van der Waals surface area contributed by atoms with E-state index in [1.807, 2.05) is 6.07 Å². The molecule has 0 aromatic heterocycles. The van der Waals surface area contributed by atoms with Crippen LogP contribution in [-0.2, 0) is 14.9 Å². The molecule has 0 aliphatic carbocycles. The van der Waals surface area contributed by atoms with Gasteiger partial charge in [0.25, 0.3) is 10.2 Å². The largest absolute Gasteiger partial charge is 0.399 e. The van der Waals surface area contributed by atoms with Crippen LogP contribution in [0.4, 0.5) is 5.69 Å². The normalized spacial score (nSPS) is 13.4. The summed E-state index contributed by atoms with van der Waals surface area (Å²) < 4.78 is 33.0. The maximum absolute atomic E-state index is 11.7. The molecule has 0 fully saturated rings. The Kier molecular flexibility index (Phi) is 5.54. The van der Waals surface area contributed by atoms with Gasteiger partial charge in [-0.05, 0) is 24.6 Å². The van der Waals surface area contributed by atoms with E-state index in [2.05, 4.69) is 9.44 Å². The van der Waals surface area contributed by atoms with E-state index in [0.29, 0.717) is 12.3 Å². The van der Waals surface area contributed by atoms with E-state index in [1.165, 1.54) is 7.11 Å². The zero-order valence-electron chi connectivity index (χ0n) is 10.5. The minimum atomic E-state index is -3.53. The lowest BCUT2D eigenvalue weighted by molar-refractivity contribution is 0.204. The Balaban J connectivity index is 2.61. The number of hydrogen-bond acceptors (Lipinski definition) is 4. The predicted molar refractivity (Wildman–Crippen MR) is 71.2 cm³/mol. The molecule has 0 radical (unpaired) electrons. The van der Waals surface area contributed by atoms with Gasteiger partial charge >= 0.3 is 0 Å². The lowest BCUT2D eigenvalue weighted by Gasteiger charge is -2.15. The summed E-state index contributed by atoms with van der Waals surface area (Å²) >= 11 is 0. The van der Waals surface area contributed by atoms with Crippen LogP contribution in [0.1, 0.15) is 18.5 Å². The van der Waals surface area contributed by atoms with Gasteiger partial charge < -0.3 is 10.5 Å². The molecule has 1 aromatic carbocycles. The highest BCUT2D eigenvalue weighted by atomic mass is 32.2. The van der Waals surface area contributed by atoms with E-state index in [0.717, 1.165) is 5.56 Å². The van der Waals surface area contributed by atoms with Crippen LogP contribution in [-0.4, -0.2) is 28.7 Å². The second-order valence-corrected chi connectivity index (χ2v) is 5.43. The molecule has 0 saturated carbocycles. The highest BCUT2D eigenvalue weighted by molar-refractivity contribution is 7.87. The van der Waals surface area contributed by atoms with Crippen LogP contribution in [0.15, 0.2) is 24.3 Å². The van der Waals surface area contributed by atoms with Gasteiger partial charge in [-0.3, -0.25) is 0 Å². The monoisotopic (exact) mass is 273 g/mol. The van der Waals surface area contributed by atoms with Crippen LogP contribution >= 0.6 is 0 Å². The van der Waals surface area contributed by atoms with E-state index in [9.17, 15) is 8.42 Å². The van der Waals surface area contributed by atoms with E-state index >= 15 is 0 Å². The molecule has 6 nitrogen and oxygen atoms in total. The molecule has 4 N–H and O–H groups in total. The van der Waals surface area contributed by atoms with Gasteiger partial charge in [0.05, 0.1) is 6.61 Å². The fourth-order valence-corrected chi connectivity index (χ4v) is 2.49. The number of rotatable bonds is 7. The number of methoxy groups -OCH3 is 1. The van der Waals surface area contributed by atoms with Crippen molar-refractivity contribution in [2.75, 3.05) is 26.0 Å². The standard InChI is InChI=1S/C11H19N3O3S/c1-9(10-4-3-5-11(12)8-10)14-18(15,16)13-6-7-17-2/h3-5,8-9,13-14H,6-7,12H2,1-2H3. The minimum Gasteiger partial charge on any atom is -0.399 e. The Morgan fingerprint density at radius 3 is 2.78 bits per heavy atom. The molecular weight excluding hydrogens is 254 g/mol. The topological polar surface area (TPSA) is 93.4 Å². The van der Waals surface area contributed by atoms with Crippen LogP contribution in [0.3, 0.4) is 0 Å².